The third-order valence-corrected chi connectivity index (χ3v) is 7.81. The van der Waals surface area contributed by atoms with Crippen molar-refractivity contribution in [2.45, 2.75) is 37.6 Å². The SMILES string of the molecule is C#CCC(NC(=O)OCC1c2ccccc2-c2ccccc21)C(=O)N1CCC2(CC1)CC2C(=O)O. The number of hydrogen-bond donors (Lipinski definition) is 2. The number of hydrogen-bond acceptors (Lipinski definition) is 4. The lowest BCUT2D eigenvalue weighted by Crippen LogP contribution is -2.51. The molecule has 2 N–H and O–H groups in total. The first-order valence-corrected chi connectivity index (χ1v) is 12.0. The standard InChI is InChI=1S/C28H28N2O5/c1-2-7-24(25(31)30-14-12-28(13-15-30)16-23(28)26(32)33)29-27(34)35-17-22-20-10-5-3-8-18(20)19-9-4-6-11-21(19)22/h1,3-6,8-11,22-24H,7,12-17H2,(H,29,34)(H,32,33). The number of aliphatic carboxylic acids is 1. The summed E-state index contributed by atoms with van der Waals surface area (Å²) in [6.07, 6.45) is 6.85. The highest BCUT2D eigenvalue weighted by molar-refractivity contribution is 5.86. The van der Waals surface area contributed by atoms with Crippen LogP contribution in [0.15, 0.2) is 48.5 Å². The number of benzene rings is 2. The summed E-state index contributed by atoms with van der Waals surface area (Å²) < 4.78 is 5.58. The van der Waals surface area contributed by atoms with E-state index in [1.54, 1.807) is 4.90 Å². The van der Waals surface area contributed by atoms with Gasteiger partial charge in [-0.15, -0.1) is 12.3 Å². The van der Waals surface area contributed by atoms with Crippen LogP contribution in [-0.2, 0) is 14.3 Å². The van der Waals surface area contributed by atoms with Gasteiger partial charge < -0.3 is 20.1 Å². The Hall–Kier alpha value is -3.79. The quantitative estimate of drug-likeness (QED) is 0.626. The second-order valence-electron chi connectivity index (χ2n) is 9.71. The number of nitrogens with one attached hydrogen (secondary N) is 1. The zero-order valence-corrected chi connectivity index (χ0v) is 19.4. The number of carbonyl (C=O) groups excluding carboxylic acids is 2. The van der Waals surface area contributed by atoms with Gasteiger partial charge in [-0.05, 0) is 46.9 Å². The van der Waals surface area contributed by atoms with Crippen molar-refractivity contribution < 1.29 is 24.2 Å². The van der Waals surface area contributed by atoms with Crippen molar-refractivity contribution in [1.29, 1.82) is 0 Å². The molecule has 5 rings (SSSR count). The van der Waals surface area contributed by atoms with Gasteiger partial charge in [-0.25, -0.2) is 4.79 Å². The Kier molecular flexibility index (Phi) is 5.98. The minimum atomic E-state index is -0.876. The predicted octanol–water partition coefficient (Wildman–Crippen LogP) is 3.63. The topological polar surface area (TPSA) is 95.9 Å². The summed E-state index contributed by atoms with van der Waals surface area (Å²) in [7, 11) is 0. The average Bonchev–Trinajstić information content (AvgIpc) is 3.48. The van der Waals surface area contributed by atoms with E-state index in [0.29, 0.717) is 32.4 Å². The van der Waals surface area contributed by atoms with Gasteiger partial charge in [0, 0.05) is 25.4 Å². The van der Waals surface area contributed by atoms with Crippen molar-refractivity contribution in [1.82, 2.24) is 10.2 Å². The molecule has 2 aromatic carbocycles. The van der Waals surface area contributed by atoms with Crippen LogP contribution in [0.1, 0.15) is 42.7 Å². The number of carboxylic acid groups (broad SMARTS) is 1. The van der Waals surface area contributed by atoms with Gasteiger partial charge in [0.05, 0.1) is 5.92 Å². The Bertz CT molecular complexity index is 1160. The van der Waals surface area contributed by atoms with E-state index < -0.39 is 18.1 Å². The van der Waals surface area contributed by atoms with Crippen molar-refractivity contribution in [2.24, 2.45) is 11.3 Å². The van der Waals surface area contributed by atoms with Gasteiger partial charge in [-0.3, -0.25) is 9.59 Å². The van der Waals surface area contributed by atoms with Crippen molar-refractivity contribution in [3.8, 4) is 23.5 Å². The first-order valence-electron chi connectivity index (χ1n) is 12.0. The summed E-state index contributed by atoms with van der Waals surface area (Å²) in [5.74, 6) is 1.08. The van der Waals surface area contributed by atoms with Gasteiger partial charge in [0.25, 0.3) is 0 Å². The third kappa shape index (κ3) is 4.25. The largest absolute Gasteiger partial charge is 0.481 e. The lowest BCUT2D eigenvalue weighted by atomic mass is 9.90. The molecule has 180 valence electrons. The van der Waals surface area contributed by atoms with E-state index in [0.717, 1.165) is 22.3 Å². The zero-order valence-electron chi connectivity index (χ0n) is 19.4. The van der Waals surface area contributed by atoms with Crippen LogP contribution in [0.2, 0.25) is 0 Å². The van der Waals surface area contributed by atoms with E-state index in [-0.39, 0.29) is 36.2 Å². The molecule has 0 radical (unpaired) electrons. The van der Waals surface area contributed by atoms with Crippen LogP contribution in [0.4, 0.5) is 4.79 Å². The average molecular weight is 473 g/mol. The smallest absolute Gasteiger partial charge is 0.407 e. The van der Waals surface area contributed by atoms with Gasteiger partial charge in [0.15, 0.2) is 0 Å². The van der Waals surface area contributed by atoms with Gasteiger partial charge >= 0.3 is 12.1 Å². The lowest BCUT2D eigenvalue weighted by molar-refractivity contribution is -0.140. The third-order valence-electron chi connectivity index (χ3n) is 7.81. The molecule has 1 heterocycles. The number of nitrogens with zero attached hydrogens (tertiary/aromatic N) is 1. The number of carboxylic acids is 1. The molecule has 2 fully saturated rings. The minimum absolute atomic E-state index is 0.0580. The second-order valence-corrected chi connectivity index (χ2v) is 9.71. The van der Waals surface area contributed by atoms with Gasteiger partial charge in [-0.2, -0.15) is 0 Å². The summed E-state index contributed by atoms with van der Waals surface area (Å²) in [6, 6.07) is 15.3. The fourth-order valence-electron chi connectivity index (χ4n) is 5.74. The molecule has 7 heteroatoms. The molecule has 3 aliphatic rings. The van der Waals surface area contributed by atoms with Crippen molar-refractivity contribution >= 4 is 18.0 Å². The molecule has 1 saturated heterocycles. The van der Waals surface area contributed by atoms with E-state index in [1.807, 2.05) is 36.4 Å². The molecule has 35 heavy (non-hydrogen) atoms. The molecule has 2 aromatic rings. The van der Waals surface area contributed by atoms with Crippen molar-refractivity contribution in [3.63, 3.8) is 0 Å². The Morgan fingerprint density at radius 1 is 1.09 bits per heavy atom. The molecule has 1 saturated carbocycles. The molecule has 0 bridgehead atoms. The molecule has 7 nitrogen and oxygen atoms in total. The maximum atomic E-state index is 13.1. The van der Waals surface area contributed by atoms with E-state index >= 15 is 0 Å². The number of fused-ring (bicyclic) bond motifs is 3. The summed E-state index contributed by atoms with van der Waals surface area (Å²) in [5, 5.41) is 11.9. The van der Waals surface area contributed by atoms with Crippen LogP contribution >= 0.6 is 0 Å². The normalized spacial score (nSPS) is 20.3. The first kappa shape index (κ1) is 23.0. The Morgan fingerprint density at radius 3 is 2.23 bits per heavy atom. The first-order chi connectivity index (χ1) is 16.9. The Labute approximate surface area is 204 Å². The number of ether oxygens (including phenoxy) is 1. The predicted molar refractivity (Wildman–Crippen MR) is 129 cm³/mol. The van der Waals surface area contributed by atoms with E-state index in [1.165, 1.54) is 0 Å². The molecule has 0 aromatic heterocycles. The van der Waals surface area contributed by atoms with Crippen LogP contribution in [-0.4, -0.2) is 53.7 Å². The zero-order chi connectivity index (χ0) is 24.6. The van der Waals surface area contributed by atoms with Crippen LogP contribution in [0.25, 0.3) is 11.1 Å². The fraction of sp³-hybridized carbons (Fsp3) is 0.393. The highest BCUT2D eigenvalue weighted by atomic mass is 16.5. The molecular weight excluding hydrogens is 444 g/mol. The monoisotopic (exact) mass is 472 g/mol. The number of rotatable bonds is 6. The van der Waals surface area contributed by atoms with Gasteiger partial charge in [-0.1, -0.05) is 48.5 Å². The molecule has 1 aliphatic heterocycles. The van der Waals surface area contributed by atoms with Gasteiger partial charge in [0.1, 0.15) is 12.6 Å². The summed E-state index contributed by atoms with van der Waals surface area (Å²) in [6.45, 7) is 1.09. The van der Waals surface area contributed by atoms with E-state index in [9.17, 15) is 19.5 Å². The minimum Gasteiger partial charge on any atom is -0.481 e. The fourth-order valence-corrected chi connectivity index (χ4v) is 5.74. The maximum Gasteiger partial charge on any atom is 0.407 e. The Balaban J connectivity index is 1.19. The van der Waals surface area contributed by atoms with Crippen LogP contribution in [0.5, 0.6) is 0 Å². The summed E-state index contributed by atoms with van der Waals surface area (Å²) in [5.41, 5.74) is 4.33. The van der Waals surface area contributed by atoms with E-state index in [4.69, 9.17) is 11.2 Å². The number of carbonyl (C=O) groups is 3. The van der Waals surface area contributed by atoms with Crippen molar-refractivity contribution in [2.75, 3.05) is 19.7 Å². The molecule has 2 amide bonds. The summed E-state index contributed by atoms with van der Waals surface area (Å²) in [4.78, 5) is 38.8. The highest BCUT2D eigenvalue weighted by Crippen LogP contribution is 2.59. The number of alkyl carbamates (subject to hydrolysis) is 1. The Morgan fingerprint density at radius 2 is 1.69 bits per heavy atom. The molecular formula is C28H28N2O5. The number of amides is 2. The second kappa shape index (κ2) is 9.10. The van der Waals surface area contributed by atoms with Crippen LogP contribution in [0, 0.1) is 23.7 Å². The molecule has 2 atom stereocenters. The number of piperidine rings is 1. The lowest BCUT2D eigenvalue weighted by Gasteiger charge is -2.34. The highest BCUT2D eigenvalue weighted by Gasteiger charge is 2.59. The molecule has 2 unspecified atom stereocenters. The number of likely N-dealkylation sites (tertiary alicyclic amines) is 1. The van der Waals surface area contributed by atoms with E-state index in [2.05, 4.69) is 23.4 Å². The van der Waals surface area contributed by atoms with Crippen LogP contribution in [0.3, 0.4) is 0 Å². The molecule has 1 spiro atoms. The van der Waals surface area contributed by atoms with Crippen molar-refractivity contribution in [3.05, 3.63) is 59.7 Å². The van der Waals surface area contributed by atoms with Gasteiger partial charge in [0.2, 0.25) is 5.91 Å². The maximum absolute atomic E-state index is 13.1. The number of terminal acetylenes is 1. The molecule has 2 aliphatic carbocycles. The summed E-state index contributed by atoms with van der Waals surface area (Å²) >= 11 is 0. The van der Waals surface area contributed by atoms with Crippen LogP contribution < -0.4 is 5.32 Å².